The van der Waals surface area contributed by atoms with Crippen LogP contribution in [0.5, 0.6) is 0 Å². The summed E-state index contributed by atoms with van der Waals surface area (Å²) in [7, 11) is 0. The lowest BCUT2D eigenvalue weighted by molar-refractivity contribution is 1.14. The van der Waals surface area contributed by atoms with Crippen LogP contribution in [0.3, 0.4) is 0 Å². The molecular formula is C13H10Cl2N2S. The van der Waals surface area contributed by atoms with Gasteiger partial charge in [0, 0.05) is 5.56 Å². The fraction of sp³-hybridized carbons (Fsp3) is 0. The van der Waals surface area contributed by atoms with Crippen molar-refractivity contribution in [3.63, 3.8) is 0 Å². The van der Waals surface area contributed by atoms with E-state index in [0.717, 1.165) is 5.56 Å². The number of rotatable bonds is 3. The molecule has 2 N–H and O–H groups in total. The molecule has 0 amide bonds. The second-order valence-corrected chi connectivity index (χ2v) is 4.76. The molecule has 0 aliphatic rings. The highest BCUT2D eigenvalue weighted by atomic mass is 35.5. The third kappa shape index (κ3) is 3.13. The Morgan fingerprint density at radius 2 is 1.50 bits per heavy atom. The minimum atomic E-state index is 0.533. The van der Waals surface area contributed by atoms with E-state index < -0.39 is 0 Å². The van der Waals surface area contributed by atoms with E-state index in [1.807, 2.05) is 30.3 Å². The molecule has 0 atom stereocenters. The van der Waals surface area contributed by atoms with Crippen LogP contribution < -0.4 is 10.9 Å². The molecule has 2 rings (SSSR count). The van der Waals surface area contributed by atoms with Gasteiger partial charge in [-0.25, -0.2) is 0 Å². The molecule has 2 aromatic rings. The SMILES string of the molecule is S=C(NNc1c(Cl)cccc1Cl)c1ccccc1. The zero-order valence-corrected chi connectivity index (χ0v) is 11.6. The molecule has 18 heavy (non-hydrogen) atoms. The van der Waals surface area contributed by atoms with Crippen LogP contribution >= 0.6 is 35.4 Å². The molecule has 92 valence electrons. The van der Waals surface area contributed by atoms with Crippen molar-refractivity contribution in [2.45, 2.75) is 0 Å². The maximum Gasteiger partial charge on any atom is 0.125 e. The summed E-state index contributed by atoms with van der Waals surface area (Å²) < 4.78 is 0. The third-order valence-corrected chi connectivity index (χ3v) is 3.27. The van der Waals surface area contributed by atoms with E-state index in [1.165, 1.54) is 0 Å². The van der Waals surface area contributed by atoms with Gasteiger partial charge in [0.1, 0.15) is 4.99 Å². The van der Waals surface area contributed by atoms with Crippen LogP contribution in [0.2, 0.25) is 10.0 Å². The predicted molar refractivity (Wildman–Crippen MR) is 81.4 cm³/mol. The monoisotopic (exact) mass is 296 g/mol. The van der Waals surface area contributed by atoms with Gasteiger partial charge >= 0.3 is 0 Å². The Balaban J connectivity index is 2.07. The fourth-order valence-electron chi connectivity index (χ4n) is 1.40. The zero-order valence-electron chi connectivity index (χ0n) is 9.28. The van der Waals surface area contributed by atoms with Crippen molar-refractivity contribution < 1.29 is 0 Å². The molecule has 0 unspecified atom stereocenters. The second-order valence-electron chi connectivity index (χ2n) is 3.54. The molecule has 0 aliphatic carbocycles. The summed E-state index contributed by atoms with van der Waals surface area (Å²) >= 11 is 17.3. The highest BCUT2D eigenvalue weighted by Gasteiger charge is 2.05. The van der Waals surface area contributed by atoms with Crippen LogP contribution in [0.15, 0.2) is 48.5 Å². The predicted octanol–water partition coefficient (Wildman–Crippen LogP) is 4.29. The van der Waals surface area contributed by atoms with E-state index in [9.17, 15) is 0 Å². The maximum atomic E-state index is 6.03. The van der Waals surface area contributed by atoms with Crippen molar-refractivity contribution >= 4 is 46.1 Å². The molecule has 0 fully saturated rings. The van der Waals surface area contributed by atoms with Gasteiger partial charge in [-0.1, -0.05) is 71.8 Å². The zero-order chi connectivity index (χ0) is 13.0. The molecular weight excluding hydrogens is 287 g/mol. The first-order valence-corrected chi connectivity index (χ1v) is 6.40. The van der Waals surface area contributed by atoms with Gasteiger partial charge in [-0.15, -0.1) is 0 Å². The fourth-order valence-corrected chi connectivity index (χ4v) is 2.08. The molecule has 0 saturated carbocycles. The number of thiocarbonyl (C=S) groups is 1. The van der Waals surface area contributed by atoms with Gasteiger partial charge in [0.2, 0.25) is 0 Å². The Morgan fingerprint density at radius 3 is 2.11 bits per heavy atom. The molecule has 0 spiro atoms. The van der Waals surface area contributed by atoms with Gasteiger partial charge in [-0.3, -0.25) is 10.9 Å². The highest BCUT2D eigenvalue weighted by molar-refractivity contribution is 7.80. The number of hydrazine groups is 1. The van der Waals surface area contributed by atoms with Crippen molar-refractivity contribution in [1.82, 2.24) is 5.43 Å². The number of benzene rings is 2. The standard InChI is InChI=1S/C13H10Cl2N2S/c14-10-7-4-8-11(15)12(10)16-17-13(18)9-5-2-1-3-6-9/h1-8,16H,(H,17,18). The topological polar surface area (TPSA) is 24.1 Å². The largest absolute Gasteiger partial charge is 0.297 e. The minimum absolute atomic E-state index is 0.533. The summed E-state index contributed by atoms with van der Waals surface area (Å²) in [5.74, 6) is 0. The molecule has 0 aliphatic heterocycles. The lowest BCUT2D eigenvalue weighted by atomic mass is 10.2. The average Bonchev–Trinajstić information content (AvgIpc) is 2.39. The van der Waals surface area contributed by atoms with E-state index in [1.54, 1.807) is 18.2 Å². The van der Waals surface area contributed by atoms with Crippen LogP contribution in [-0.2, 0) is 0 Å². The van der Waals surface area contributed by atoms with Crippen LogP contribution in [-0.4, -0.2) is 4.99 Å². The summed E-state index contributed by atoms with van der Waals surface area (Å²) in [4.78, 5) is 0.576. The van der Waals surface area contributed by atoms with Crippen LogP contribution in [0, 0.1) is 0 Å². The molecule has 2 aromatic carbocycles. The van der Waals surface area contributed by atoms with E-state index >= 15 is 0 Å². The minimum Gasteiger partial charge on any atom is -0.297 e. The number of halogens is 2. The molecule has 0 bridgehead atoms. The quantitative estimate of drug-likeness (QED) is 0.653. The average molecular weight is 297 g/mol. The van der Waals surface area contributed by atoms with Crippen LogP contribution in [0.1, 0.15) is 5.56 Å². The lowest BCUT2D eigenvalue weighted by Crippen LogP contribution is -2.28. The third-order valence-electron chi connectivity index (χ3n) is 2.30. The number of para-hydroxylation sites is 1. The Hall–Kier alpha value is -1.29. The van der Waals surface area contributed by atoms with Gasteiger partial charge in [0.15, 0.2) is 0 Å². The van der Waals surface area contributed by atoms with E-state index in [4.69, 9.17) is 35.4 Å². The van der Waals surface area contributed by atoms with Crippen LogP contribution in [0.4, 0.5) is 5.69 Å². The van der Waals surface area contributed by atoms with Gasteiger partial charge in [0.05, 0.1) is 15.7 Å². The Labute approximate surface area is 121 Å². The Kier molecular flexibility index (Phi) is 4.42. The normalized spacial score (nSPS) is 9.89. The molecule has 2 nitrogen and oxygen atoms in total. The number of hydrogen-bond donors (Lipinski definition) is 2. The summed E-state index contributed by atoms with van der Waals surface area (Å²) in [6.45, 7) is 0. The van der Waals surface area contributed by atoms with Crippen molar-refractivity contribution in [2.75, 3.05) is 5.43 Å². The van der Waals surface area contributed by atoms with Crippen molar-refractivity contribution in [2.24, 2.45) is 0 Å². The Morgan fingerprint density at radius 1 is 0.889 bits per heavy atom. The smallest absolute Gasteiger partial charge is 0.125 e. The summed E-state index contributed by atoms with van der Waals surface area (Å²) in [5.41, 5.74) is 7.36. The molecule has 5 heteroatoms. The maximum absolute atomic E-state index is 6.03. The van der Waals surface area contributed by atoms with Gasteiger partial charge in [-0.05, 0) is 12.1 Å². The van der Waals surface area contributed by atoms with E-state index in [0.29, 0.717) is 20.7 Å². The summed E-state index contributed by atoms with van der Waals surface area (Å²) in [6.07, 6.45) is 0. The second kappa shape index (κ2) is 6.05. The van der Waals surface area contributed by atoms with E-state index in [2.05, 4.69) is 10.9 Å². The summed E-state index contributed by atoms with van der Waals surface area (Å²) in [5, 5.41) is 1.07. The van der Waals surface area contributed by atoms with E-state index in [-0.39, 0.29) is 0 Å². The van der Waals surface area contributed by atoms with Crippen molar-refractivity contribution in [3.05, 3.63) is 64.1 Å². The first-order valence-electron chi connectivity index (χ1n) is 5.24. The number of hydrogen-bond acceptors (Lipinski definition) is 2. The van der Waals surface area contributed by atoms with Gasteiger partial charge in [0.25, 0.3) is 0 Å². The summed E-state index contributed by atoms with van der Waals surface area (Å²) in [6, 6.07) is 14.9. The molecule has 0 saturated heterocycles. The van der Waals surface area contributed by atoms with Crippen molar-refractivity contribution in [1.29, 1.82) is 0 Å². The van der Waals surface area contributed by atoms with Gasteiger partial charge < -0.3 is 0 Å². The molecule has 0 heterocycles. The molecule has 0 radical (unpaired) electrons. The Bertz CT molecular complexity index is 538. The number of anilines is 1. The lowest BCUT2D eigenvalue weighted by Gasteiger charge is -2.13. The first kappa shape index (κ1) is 13.1. The van der Waals surface area contributed by atoms with Gasteiger partial charge in [-0.2, -0.15) is 0 Å². The highest BCUT2D eigenvalue weighted by Crippen LogP contribution is 2.28. The van der Waals surface area contributed by atoms with Crippen molar-refractivity contribution in [3.8, 4) is 0 Å². The molecule has 0 aromatic heterocycles. The number of nitrogens with one attached hydrogen (secondary N) is 2. The van der Waals surface area contributed by atoms with Crippen LogP contribution in [0.25, 0.3) is 0 Å². The first-order chi connectivity index (χ1) is 8.68.